The van der Waals surface area contributed by atoms with Crippen LogP contribution >= 0.6 is 0 Å². The summed E-state index contributed by atoms with van der Waals surface area (Å²) in [4.78, 5) is 30.4. The molecule has 3 fully saturated rings. The molecule has 0 radical (unpaired) electrons. The van der Waals surface area contributed by atoms with Crippen LogP contribution in [0, 0.1) is 37.4 Å². The number of nitrogens with zero attached hydrogens (tertiary/aromatic N) is 4. The Hall–Kier alpha value is -2.74. The second-order valence-corrected chi connectivity index (χ2v) is 11.6. The quantitative estimate of drug-likeness (QED) is 0.577. The molecule has 1 aromatic carbocycles. The van der Waals surface area contributed by atoms with Crippen LogP contribution in [0.4, 0.5) is 4.39 Å². The van der Waals surface area contributed by atoms with Gasteiger partial charge in [0.15, 0.2) is 0 Å². The maximum atomic E-state index is 13.9. The Balaban J connectivity index is 1.18. The van der Waals surface area contributed by atoms with E-state index < -0.39 is 0 Å². The second kappa shape index (κ2) is 10.6. The van der Waals surface area contributed by atoms with E-state index in [9.17, 15) is 14.0 Å². The fourth-order valence-electron chi connectivity index (χ4n) is 6.25. The van der Waals surface area contributed by atoms with Gasteiger partial charge < -0.3 is 15.1 Å². The lowest BCUT2D eigenvalue weighted by molar-refractivity contribution is -0.124. The SMILES string of the molecule is Cc1nn(C2CCC2)c(C)c1C(=O)N1CC2CN(CCC(NC(=O)C(C)C)c3cccc(F)c3)C[C@H]2C1. The molecule has 2 unspecified atom stereocenters. The summed E-state index contributed by atoms with van der Waals surface area (Å²) in [5.41, 5.74) is 3.46. The van der Waals surface area contributed by atoms with Crippen molar-refractivity contribution in [3.05, 3.63) is 52.6 Å². The van der Waals surface area contributed by atoms with Crippen molar-refractivity contribution >= 4 is 11.8 Å². The van der Waals surface area contributed by atoms with Crippen molar-refractivity contribution in [2.45, 2.75) is 65.5 Å². The number of nitrogens with one attached hydrogen (secondary N) is 1. The van der Waals surface area contributed by atoms with Crippen molar-refractivity contribution in [1.29, 1.82) is 0 Å². The van der Waals surface area contributed by atoms with E-state index in [4.69, 9.17) is 5.10 Å². The first kappa shape index (κ1) is 25.9. The molecular weight excluding hydrogens is 469 g/mol. The van der Waals surface area contributed by atoms with Crippen molar-refractivity contribution < 1.29 is 14.0 Å². The number of aromatic nitrogens is 2. The molecule has 1 saturated carbocycles. The highest BCUT2D eigenvalue weighted by Gasteiger charge is 2.42. The number of aryl methyl sites for hydroxylation is 1. The molecular formula is C29H40FN5O2. The van der Waals surface area contributed by atoms with Crippen molar-refractivity contribution in [2.75, 3.05) is 32.7 Å². The van der Waals surface area contributed by atoms with Crippen LogP contribution in [0.5, 0.6) is 0 Å². The monoisotopic (exact) mass is 509 g/mol. The zero-order valence-corrected chi connectivity index (χ0v) is 22.5. The maximum Gasteiger partial charge on any atom is 0.257 e. The molecule has 8 heteroatoms. The van der Waals surface area contributed by atoms with E-state index in [0.29, 0.717) is 17.9 Å². The summed E-state index contributed by atoms with van der Waals surface area (Å²) in [5.74, 6) is 0.620. The van der Waals surface area contributed by atoms with Gasteiger partial charge in [0.2, 0.25) is 5.91 Å². The molecule has 1 N–H and O–H groups in total. The Kier molecular flexibility index (Phi) is 7.39. The standard InChI is InChI=1S/C29H40FN5O2/c1-18(2)28(36)31-26(21-7-5-8-24(30)13-21)11-12-33-14-22-16-34(17-23(22)15-33)29(37)27-19(3)32-35(20(27)4)25-9-6-10-25/h5,7-8,13,18,22-23,25-26H,6,9-12,14-17H2,1-4H3,(H,31,36)/t22-,23?,26?/m0/s1. The van der Waals surface area contributed by atoms with Crippen molar-refractivity contribution in [2.24, 2.45) is 17.8 Å². The Labute approximate surface area is 219 Å². The first-order valence-corrected chi connectivity index (χ1v) is 13.8. The largest absolute Gasteiger partial charge is 0.349 e. The van der Waals surface area contributed by atoms with Gasteiger partial charge in [-0.05, 0) is 69.1 Å². The third-order valence-corrected chi connectivity index (χ3v) is 8.63. The third-order valence-electron chi connectivity index (χ3n) is 8.63. The Bertz CT molecular complexity index is 1140. The summed E-state index contributed by atoms with van der Waals surface area (Å²) in [5, 5.41) is 7.83. The maximum absolute atomic E-state index is 13.9. The molecule has 5 rings (SSSR count). The summed E-state index contributed by atoms with van der Waals surface area (Å²) in [6.45, 7) is 12.0. The molecule has 37 heavy (non-hydrogen) atoms. The minimum absolute atomic E-state index is 0.0204. The van der Waals surface area contributed by atoms with Gasteiger partial charge in [-0.1, -0.05) is 26.0 Å². The molecule has 2 saturated heterocycles. The minimum Gasteiger partial charge on any atom is -0.349 e. The van der Waals surface area contributed by atoms with Gasteiger partial charge in [-0.15, -0.1) is 0 Å². The molecule has 1 aromatic heterocycles. The lowest BCUT2D eigenvalue weighted by Gasteiger charge is -2.27. The summed E-state index contributed by atoms with van der Waals surface area (Å²) >= 11 is 0. The van der Waals surface area contributed by atoms with Gasteiger partial charge in [0, 0.05) is 44.3 Å². The summed E-state index contributed by atoms with van der Waals surface area (Å²) in [7, 11) is 0. The molecule has 200 valence electrons. The third kappa shape index (κ3) is 5.31. The number of amides is 2. The van der Waals surface area contributed by atoms with Gasteiger partial charge in [-0.3, -0.25) is 14.3 Å². The van der Waals surface area contributed by atoms with Crippen LogP contribution in [0.1, 0.15) is 78.9 Å². The second-order valence-electron chi connectivity index (χ2n) is 11.6. The molecule has 3 heterocycles. The number of carbonyl (C=O) groups is 2. The molecule has 1 aliphatic carbocycles. The Morgan fingerprint density at radius 3 is 2.41 bits per heavy atom. The number of hydrogen-bond acceptors (Lipinski definition) is 4. The number of halogens is 1. The highest BCUT2D eigenvalue weighted by molar-refractivity contribution is 5.96. The Morgan fingerprint density at radius 1 is 1.11 bits per heavy atom. The molecule has 0 bridgehead atoms. The molecule has 7 nitrogen and oxygen atoms in total. The van der Waals surface area contributed by atoms with Gasteiger partial charge in [-0.25, -0.2) is 4.39 Å². The molecule has 2 aliphatic heterocycles. The highest BCUT2D eigenvalue weighted by atomic mass is 19.1. The van der Waals surface area contributed by atoms with Crippen LogP contribution in [-0.4, -0.2) is 64.1 Å². The fraction of sp³-hybridized carbons (Fsp3) is 0.621. The van der Waals surface area contributed by atoms with Crippen molar-refractivity contribution in [3.8, 4) is 0 Å². The summed E-state index contributed by atoms with van der Waals surface area (Å²) < 4.78 is 16.0. The molecule has 2 aromatic rings. The average Bonchev–Trinajstić information content (AvgIpc) is 3.46. The smallest absolute Gasteiger partial charge is 0.257 e. The number of hydrogen-bond donors (Lipinski definition) is 1. The Morgan fingerprint density at radius 2 is 1.81 bits per heavy atom. The minimum atomic E-state index is -0.287. The lowest BCUT2D eigenvalue weighted by atomic mass is 9.93. The molecule has 2 amide bonds. The molecule has 0 spiro atoms. The van der Waals surface area contributed by atoms with Gasteiger partial charge in [0.25, 0.3) is 5.91 Å². The van der Waals surface area contributed by atoms with E-state index in [0.717, 1.165) is 74.5 Å². The van der Waals surface area contributed by atoms with Crippen LogP contribution < -0.4 is 5.32 Å². The van der Waals surface area contributed by atoms with Crippen LogP contribution in [0.3, 0.4) is 0 Å². The van der Waals surface area contributed by atoms with Gasteiger partial charge >= 0.3 is 0 Å². The zero-order chi connectivity index (χ0) is 26.3. The van der Waals surface area contributed by atoms with E-state index in [1.807, 2.05) is 38.7 Å². The molecule has 3 aliphatic rings. The van der Waals surface area contributed by atoms with Crippen molar-refractivity contribution in [3.63, 3.8) is 0 Å². The van der Waals surface area contributed by atoms with Gasteiger partial charge in [0.05, 0.1) is 23.3 Å². The van der Waals surface area contributed by atoms with Gasteiger partial charge in [-0.2, -0.15) is 5.10 Å². The van der Waals surface area contributed by atoms with E-state index in [2.05, 4.69) is 14.9 Å². The van der Waals surface area contributed by atoms with Crippen LogP contribution in [0.2, 0.25) is 0 Å². The van der Waals surface area contributed by atoms with E-state index in [1.54, 1.807) is 6.07 Å². The number of likely N-dealkylation sites (tertiary alicyclic amines) is 2. The topological polar surface area (TPSA) is 70.5 Å². The average molecular weight is 510 g/mol. The van der Waals surface area contributed by atoms with E-state index in [1.165, 1.54) is 18.6 Å². The number of fused-ring (bicyclic) bond motifs is 1. The number of rotatable bonds is 8. The van der Waals surface area contributed by atoms with Crippen LogP contribution in [0.25, 0.3) is 0 Å². The first-order valence-electron chi connectivity index (χ1n) is 13.8. The fourth-order valence-corrected chi connectivity index (χ4v) is 6.25. The van der Waals surface area contributed by atoms with E-state index >= 15 is 0 Å². The predicted molar refractivity (Wildman–Crippen MR) is 141 cm³/mol. The predicted octanol–water partition coefficient (Wildman–Crippen LogP) is 4.27. The van der Waals surface area contributed by atoms with Gasteiger partial charge in [0.1, 0.15) is 5.82 Å². The number of benzene rings is 1. The zero-order valence-electron chi connectivity index (χ0n) is 22.5. The van der Waals surface area contributed by atoms with Crippen LogP contribution in [0.15, 0.2) is 24.3 Å². The molecule has 3 atom stereocenters. The summed E-state index contributed by atoms with van der Waals surface area (Å²) in [6.07, 6.45) is 4.27. The highest BCUT2D eigenvalue weighted by Crippen LogP contribution is 2.36. The first-order chi connectivity index (χ1) is 17.7. The number of carbonyl (C=O) groups excluding carboxylic acids is 2. The van der Waals surface area contributed by atoms with Crippen molar-refractivity contribution in [1.82, 2.24) is 24.9 Å². The lowest BCUT2D eigenvalue weighted by Crippen LogP contribution is -2.36. The van der Waals surface area contributed by atoms with Crippen LogP contribution in [-0.2, 0) is 4.79 Å². The summed E-state index contributed by atoms with van der Waals surface area (Å²) in [6, 6.07) is 6.76. The van der Waals surface area contributed by atoms with E-state index in [-0.39, 0.29) is 29.6 Å². The normalized spacial score (nSPS) is 22.8.